The Kier molecular flexibility index (Phi) is 5.38. The second-order valence-electron chi connectivity index (χ2n) is 6.18. The zero-order chi connectivity index (χ0) is 17.6. The van der Waals surface area contributed by atoms with Gasteiger partial charge in [-0.1, -0.05) is 12.1 Å². The summed E-state index contributed by atoms with van der Waals surface area (Å²) in [4.78, 5) is 20.9. The summed E-state index contributed by atoms with van der Waals surface area (Å²) in [7, 11) is 3.68. The van der Waals surface area contributed by atoms with Crippen LogP contribution in [0.5, 0.6) is 5.75 Å². The highest BCUT2D eigenvalue weighted by Gasteiger charge is 2.25. The second-order valence-corrected chi connectivity index (χ2v) is 6.18. The SMILES string of the molecule is COc1cccc(NC(=O)N2CCC(N(C)c3ccccn3)CC2)c1. The van der Waals surface area contributed by atoms with Crippen molar-refractivity contribution in [1.29, 1.82) is 0 Å². The van der Waals surface area contributed by atoms with Crippen LogP contribution in [0.25, 0.3) is 0 Å². The molecule has 1 aliphatic heterocycles. The van der Waals surface area contributed by atoms with Gasteiger partial charge in [0.25, 0.3) is 0 Å². The van der Waals surface area contributed by atoms with E-state index in [1.807, 2.05) is 53.6 Å². The fourth-order valence-corrected chi connectivity index (χ4v) is 3.11. The molecular formula is C19H24N4O2. The van der Waals surface area contributed by atoms with Gasteiger partial charge < -0.3 is 19.9 Å². The Balaban J connectivity index is 1.54. The molecule has 1 aliphatic rings. The van der Waals surface area contributed by atoms with Crippen LogP contribution in [0.3, 0.4) is 0 Å². The number of amides is 2. The lowest BCUT2D eigenvalue weighted by Gasteiger charge is -2.37. The van der Waals surface area contributed by atoms with E-state index in [9.17, 15) is 4.79 Å². The number of nitrogens with zero attached hydrogens (tertiary/aromatic N) is 3. The number of hydrogen-bond acceptors (Lipinski definition) is 4. The van der Waals surface area contributed by atoms with Gasteiger partial charge in [-0.15, -0.1) is 0 Å². The number of likely N-dealkylation sites (tertiary alicyclic amines) is 1. The Morgan fingerprint density at radius 3 is 2.72 bits per heavy atom. The number of carbonyl (C=O) groups excluding carboxylic acids is 1. The Morgan fingerprint density at radius 1 is 1.24 bits per heavy atom. The highest BCUT2D eigenvalue weighted by atomic mass is 16.5. The third kappa shape index (κ3) is 4.21. The fourth-order valence-electron chi connectivity index (χ4n) is 3.11. The summed E-state index contributed by atoms with van der Waals surface area (Å²) in [5.41, 5.74) is 0.747. The van der Waals surface area contributed by atoms with Crippen LogP contribution in [0.1, 0.15) is 12.8 Å². The first-order chi connectivity index (χ1) is 12.2. The van der Waals surface area contributed by atoms with Crippen LogP contribution in [-0.4, -0.2) is 49.2 Å². The Hall–Kier alpha value is -2.76. The number of aromatic nitrogens is 1. The average molecular weight is 340 g/mol. The van der Waals surface area contributed by atoms with Crippen molar-refractivity contribution in [3.63, 3.8) is 0 Å². The summed E-state index contributed by atoms with van der Waals surface area (Å²) < 4.78 is 5.19. The van der Waals surface area contributed by atoms with E-state index in [0.717, 1.165) is 43.2 Å². The van der Waals surface area contributed by atoms with E-state index >= 15 is 0 Å². The molecule has 1 N–H and O–H groups in total. The maximum atomic E-state index is 12.5. The zero-order valence-electron chi connectivity index (χ0n) is 14.7. The molecule has 0 unspecified atom stereocenters. The molecule has 0 saturated carbocycles. The van der Waals surface area contributed by atoms with E-state index in [4.69, 9.17) is 4.74 Å². The van der Waals surface area contributed by atoms with Gasteiger partial charge in [-0.25, -0.2) is 9.78 Å². The minimum atomic E-state index is -0.0628. The van der Waals surface area contributed by atoms with E-state index in [1.54, 1.807) is 7.11 Å². The largest absolute Gasteiger partial charge is 0.497 e. The summed E-state index contributed by atoms with van der Waals surface area (Å²) in [6.45, 7) is 1.47. The van der Waals surface area contributed by atoms with Crippen molar-refractivity contribution in [3.05, 3.63) is 48.7 Å². The molecule has 0 atom stereocenters. The van der Waals surface area contributed by atoms with Gasteiger partial charge in [0, 0.05) is 44.1 Å². The van der Waals surface area contributed by atoms with E-state index in [2.05, 4.69) is 22.2 Å². The van der Waals surface area contributed by atoms with Crippen LogP contribution in [0.2, 0.25) is 0 Å². The molecule has 0 spiro atoms. The Labute approximate surface area is 148 Å². The van der Waals surface area contributed by atoms with Gasteiger partial charge in [0.1, 0.15) is 11.6 Å². The number of piperidine rings is 1. The fraction of sp³-hybridized carbons (Fsp3) is 0.368. The van der Waals surface area contributed by atoms with Gasteiger partial charge in [-0.2, -0.15) is 0 Å². The van der Waals surface area contributed by atoms with Gasteiger partial charge in [0.15, 0.2) is 0 Å². The topological polar surface area (TPSA) is 57.7 Å². The van der Waals surface area contributed by atoms with Crippen molar-refractivity contribution in [2.24, 2.45) is 0 Å². The van der Waals surface area contributed by atoms with Crippen molar-refractivity contribution in [1.82, 2.24) is 9.88 Å². The van der Waals surface area contributed by atoms with Crippen LogP contribution in [0, 0.1) is 0 Å². The van der Waals surface area contributed by atoms with E-state index in [-0.39, 0.29) is 6.03 Å². The lowest BCUT2D eigenvalue weighted by molar-refractivity contribution is 0.194. The summed E-state index contributed by atoms with van der Waals surface area (Å²) in [6, 6.07) is 13.7. The molecule has 0 bridgehead atoms. The van der Waals surface area contributed by atoms with Crippen molar-refractivity contribution < 1.29 is 9.53 Å². The summed E-state index contributed by atoms with van der Waals surface area (Å²) in [6.07, 6.45) is 3.67. The number of anilines is 2. The zero-order valence-corrected chi connectivity index (χ0v) is 14.7. The second kappa shape index (κ2) is 7.88. The third-order valence-electron chi connectivity index (χ3n) is 4.63. The van der Waals surface area contributed by atoms with E-state index in [0.29, 0.717) is 6.04 Å². The number of hydrogen-bond donors (Lipinski definition) is 1. The third-order valence-corrected chi connectivity index (χ3v) is 4.63. The standard InChI is InChI=1S/C19H24N4O2/c1-22(18-8-3-4-11-20-18)16-9-12-23(13-10-16)19(24)21-15-6-5-7-17(14-15)25-2/h3-8,11,14,16H,9-10,12-13H2,1-2H3,(H,21,24). The monoisotopic (exact) mass is 340 g/mol. The summed E-state index contributed by atoms with van der Waals surface area (Å²) >= 11 is 0. The summed E-state index contributed by atoms with van der Waals surface area (Å²) in [5, 5.41) is 2.94. The van der Waals surface area contributed by atoms with Gasteiger partial charge in [-0.05, 0) is 37.1 Å². The van der Waals surface area contributed by atoms with E-state index < -0.39 is 0 Å². The molecule has 3 rings (SSSR count). The van der Waals surface area contributed by atoms with Crippen LogP contribution in [0.15, 0.2) is 48.7 Å². The molecule has 0 aliphatic carbocycles. The highest BCUT2D eigenvalue weighted by Crippen LogP contribution is 2.21. The lowest BCUT2D eigenvalue weighted by atomic mass is 10.0. The van der Waals surface area contributed by atoms with Crippen molar-refractivity contribution in [3.8, 4) is 5.75 Å². The molecule has 2 amide bonds. The van der Waals surface area contributed by atoms with Gasteiger partial charge >= 0.3 is 6.03 Å². The number of benzene rings is 1. The number of pyridine rings is 1. The minimum Gasteiger partial charge on any atom is -0.497 e. The molecule has 6 nitrogen and oxygen atoms in total. The van der Waals surface area contributed by atoms with Crippen molar-refractivity contribution in [2.45, 2.75) is 18.9 Å². The molecule has 0 radical (unpaired) electrons. The molecule has 1 aromatic carbocycles. The molecule has 2 aromatic rings. The molecular weight excluding hydrogens is 316 g/mol. The summed E-state index contributed by atoms with van der Waals surface area (Å²) in [5.74, 6) is 1.70. The Bertz CT molecular complexity index is 700. The molecule has 1 fully saturated rings. The number of carbonyl (C=O) groups is 1. The lowest BCUT2D eigenvalue weighted by Crippen LogP contribution is -2.47. The van der Waals surface area contributed by atoms with Crippen LogP contribution in [-0.2, 0) is 0 Å². The van der Waals surface area contributed by atoms with Gasteiger partial charge in [0.05, 0.1) is 7.11 Å². The van der Waals surface area contributed by atoms with Crippen LogP contribution < -0.4 is 15.0 Å². The predicted octanol–water partition coefficient (Wildman–Crippen LogP) is 3.22. The highest BCUT2D eigenvalue weighted by molar-refractivity contribution is 5.89. The minimum absolute atomic E-state index is 0.0628. The normalized spacial score (nSPS) is 14.9. The number of nitrogens with one attached hydrogen (secondary N) is 1. The number of ether oxygens (including phenoxy) is 1. The smallest absolute Gasteiger partial charge is 0.321 e. The molecule has 25 heavy (non-hydrogen) atoms. The van der Waals surface area contributed by atoms with Crippen LogP contribution >= 0.6 is 0 Å². The maximum Gasteiger partial charge on any atom is 0.321 e. The average Bonchev–Trinajstić information content (AvgIpc) is 2.68. The van der Waals surface area contributed by atoms with Crippen LogP contribution in [0.4, 0.5) is 16.3 Å². The molecule has 2 heterocycles. The number of methoxy groups -OCH3 is 1. The van der Waals surface area contributed by atoms with Crippen molar-refractivity contribution >= 4 is 17.5 Å². The predicted molar refractivity (Wildman–Crippen MR) is 99.2 cm³/mol. The number of urea groups is 1. The quantitative estimate of drug-likeness (QED) is 0.928. The maximum absolute atomic E-state index is 12.5. The molecule has 6 heteroatoms. The molecule has 1 aromatic heterocycles. The molecule has 132 valence electrons. The van der Waals surface area contributed by atoms with Gasteiger partial charge in [-0.3, -0.25) is 0 Å². The first-order valence-electron chi connectivity index (χ1n) is 8.51. The van der Waals surface area contributed by atoms with Crippen molar-refractivity contribution in [2.75, 3.05) is 37.5 Å². The van der Waals surface area contributed by atoms with Gasteiger partial charge in [0.2, 0.25) is 0 Å². The first kappa shape index (κ1) is 17.1. The first-order valence-corrected chi connectivity index (χ1v) is 8.51. The Morgan fingerprint density at radius 2 is 2.04 bits per heavy atom. The van der Waals surface area contributed by atoms with E-state index in [1.165, 1.54) is 0 Å². The molecule has 1 saturated heterocycles. The number of rotatable bonds is 4.